The van der Waals surface area contributed by atoms with Crippen LogP contribution in [-0.4, -0.2) is 41.6 Å². The Balaban J connectivity index is 4.23. The van der Waals surface area contributed by atoms with Crippen molar-refractivity contribution in [2.24, 2.45) is 10.8 Å². The van der Waals surface area contributed by atoms with Gasteiger partial charge in [0.2, 0.25) is 0 Å². The minimum absolute atomic E-state index is 0.0427. The first-order chi connectivity index (χ1) is 9.12. The average molecular weight is 344 g/mol. The fourth-order valence-electron chi connectivity index (χ4n) is 1.06. The van der Waals surface area contributed by atoms with Crippen molar-refractivity contribution in [3.05, 3.63) is 0 Å². The van der Waals surface area contributed by atoms with Crippen LogP contribution in [0.1, 0.15) is 48.0 Å². The third kappa shape index (κ3) is 13.2. The Kier molecular flexibility index (Phi) is 7.33. The topological polar surface area (TPSA) is 86.7 Å². The van der Waals surface area contributed by atoms with Gasteiger partial charge in [0.1, 0.15) is 0 Å². The van der Waals surface area contributed by atoms with Gasteiger partial charge in [0.25, 0.3) is 20.2 Å². The van der Waals surface area contributed by atoms with E-state index in [1.54, 1.807) is 0 Å². The zero-order valence-electron chi connectivity index (χ0n) is 13.8. The van der Waals surface area contributed by atoms with E-state index in [2.05, 4.69) is 0 Å². The zero-order valence-corrected chi connectivity index (χ0v) is 15.4. The number of hydrogen-bond acceptors (Lipinski definition) is 6. The Hall–Kier alpha value is -0.180. The predicted molar refractivity (Wildman–Crippen MR) is 83.0 cm³/mol. The summed E-state index contributed by atoms with van der Waals surface area (Å²) in [6.45, 7) is 11.3. The van der Waals surface area contributed by atoms with E-state index in [4.69, 9.17) is 8.37 Å². The normalized spacial score (nSPS) is 14.4. The lowest BCUT2D eigenvalue weighted by molar-refractivity contribution is 0.202. The lowest BCUT2D eigenvalue weighted by Crippen LogP contribution is -2.23. The van der Waals surface area contributed by atoms with Crippen LogP contribution >= 0.6 is 0 Å². The van der Waals surface area contributed by atoms with Gasteiger partial charge in [-0.3, -0.25) is 8.37 Å². The van der Waals surface area contributed by atoms with Crippen LogP contribution in [0.3, 0.4) is 0 Å². The zero-order chi connectivity index (χ0) is 16.9. The van der Waals surface area contributed by atoms with Crippen molar-refractivity contribution in [3.8, 4) is 0 Å². The molecule has 0 fully saturated rings. The van der Waals surface area contributed by atoms with E-state index in [1.807, 2.05) is 41.5 Å². The average Bonchev–Trinajstić information content (AvgIpc) is 2.22. The summed E-state index contributed by atoms with van der Waals surface area (Å²) in [6, 6.07) is 0. The standard InChI is InChI=1S/C13H28O6S2/c1-12(2,3)10-18-20(14,15)8-7-9-21(16,17)19-11-13(4,5)6/h7-11H2,1-6H3. The van der Waals surface area contributed by atoms with Gasteiger partial charge in [0.05, 0.1) is 24.7 Å². The van der Waals surface area contributed by atoms with Crippen molar-refractivity contribution in [1.29, 1.82) is 0 Å². The SMILES string of the molecule is CC(C)(C)COS(=O)(=O)CCCS(=O)(=O)OCC(C)(C)C. The third-order valence-corrected chi connectivity index (χ3v) is 4.66. The second-order valence-electron chi connectivity index (χ2n) is 7.52. The molecule has 0 aromatic heterocycles. The fourth-order valence-corrected chi connectivity index (χ4v) is 3.54. The summed E-state index contributed by atoms with van der Waals surface area (Å²) < 4.78 is 56.2. The molecule has 0 unspecified atom stereocenters. The first-order valence-corrected chi connectivity index (χ1v) is 10.0. The Morgan fingerprint density at radius 3 is 1.19 bits per heavy atom. The van der Waals surface area contributed by atoms with Crippen LogP contribution in [0.5, 0.6) is 0 Å². The first-order valence-electron chi connectivity index (χ1n) is 6.86. The Bertz CT molecular complexity index is 458. The molecule has 0 spiro atoms. The Labute approximate surface area is 129 Å². The van der Waals surface area contributed by atoms with Crippen LogP contribution in [0.25, 0.3) is 0 Å². The van der Waals surface area contributed by atoms with Gasteiger partial charge in [-0.1, -0.05) is 41.5 Å². The Morgan fingerprint density at radius 2 is 0.952 bits per heavy atom. The molecule has 0 aliphatic heterocycles. The highest BCUT2D eigenvalue weighted by atomic mass is 32.2. The van der Waals surface area contributed by atoms with Gasteiger partial charge >= 0.3 is 0 Å². The number of rotatable bonds is 8. The summed E-state index contributed by atoms with van der Waals surface area (Å²) in [6.07, 6.45) is -0.0427. The largest absolute Gasteiger partial charge is 0.270 e. The lowest BCUT2D eigenvalue weighted by Gasteiger charge is -2.18. The lowest BCUT2D eigenvalue weighted by atomic mass is 9.99. The molecule has 0 rings (SSSR count). The quantitative estimate of drug-likeness (QED) is 0.627. The van der Waals surface area contributed by atoms with E-state index in [9.17, 15) is 16.8 Å². The third-order valence-electron chi connectivity index (χ3n) is 2.13. The molecule has 0 atom stereocenters. The molecule has 128 valence electrons. The van der Waals surface area contributed by atoms with Gasteiger partial charge in [-0.05, 0) is 17.3 Å². The maximum atomic E-state index is 11.6. The summed E-state index contributed by atoms with van der Waals surface area (Å²) in [5, 5.41) is 0. The molecule has 0 radical (unpaired) electrons. The molecule has 0 saturated carbocycles. The smallest absolute Gasteiger partial charge is 0.267 e. The van der Waals surface area contributed by atoms with Crippen LogP contribution in [0.2, 0.25) is 0 Å². The van der Waals surface area contributed by atoms with Crippen LogP contribution in [-0.2, 0) is 28.6 Å². The molecular weight excluding hydrogens is 316 g/mol. The molecule has 0 amide bonds. The summed E-state index contributed by atoms with van der Waals surface area (Å²) in [5.41, 5.74) is -0.538. The van der Waals surface area contributed by atoms with Crippen molar-refractivity contribution in [2.45, 2.75) is 48.0 Å². The van der Waals surface area contributed by atoms with Gasteiger partial charge in [0, 0.05) is 0 Å². The summed E-state index contributed by atoms with van der Waals surface area (Å²) in [7, 11) is -7.40. The van der Waals surface area contributed by atoms with Crippen molar-refractivity contribution in [1.82, 2.24) is 0 Å². The highest BCUT2D eigenvalue weighted by Crippen LogP contribution is 2.16. The van der Waals surface area contributed by atoms with Crippen LogP contribution in [0.15, 0.2) is 0 Å². The van der Waals surface area contributed by atoms with E-state index >= 15 is 0 Å². The monoisotopic (exact) mass is 344 g/mol. The van der Waals surface area contributed by atoms with Crippen molar-refractivity contribution < 1.29 is 25.2 Å². The second-order valence-corrected chi connectivity index (χ2v) is 11.0. The van der Waals surface area contributed by atoms with Crippen molar-refractivity contribution >= 4 is 20.2 Å². The number of hydrogen-bond donors (Lipinski definition) is 0. The van der Waals surface area contributed by atoms with Crippen LogP contribution < -0.4 is 0 Å². The molecule has 0 bridgehead atoms. The summed E-state index contributed by atoms with van der Waals surface area (Å²) >= 11 is 0. The molecular formula is C13H28O6S2. The maximum absolute atomic E-state index is 11.6. The van der Waals surface area contributed by atoms with Gasteiger partial charge in [-0.2, -0.15) is 16.8 Å². The predicted octanol–water partition coefficient (Wildman–Crippen LogP) is 2.16. The van der Waals surface area contributed by atoms with Gasteiger partial charge in [0.15, 0.2) is 0 Å². The minimum atomic E-state index is -3.70. The van der Waals surface area contributed by atoms with E-state index < -0.39 is 20.2 Å². The maximum Gasteiger partial charge on any atom is 0.267 e. The van der Waals surface area contributed by atoms with E-state index in [0.29, 0.717) is 0 Å². The molecule has 0 aromatic carbocycles. The highest BCUT2D eigenvalue weighted by molar-refractivity contribution is 7.87. The molecule has 0 heterocycles. The fraction of sp³-hybridized carbons (Fsp3) is 1.00. The van der Waals surface area contributed by atoms with Crippen molar-refractivity contribution in [2.75, 3.05) is 24.7 Å². The van der Waals surface area contributed by atoms with Gasteiger partial charge < -0.3 is 0 Å². The summed E-state index contributed by atoms with van der Waals surface area (Å²) in [5.74, 6) is -0.664. The van der Waals surface area contributed by atoms with Crippen LogP contribution in [0.4, 0.5) is 0 Å². The highest BCUT2D eigenvalue weighted by Gasteiger charge is 2.21. The van der Waals surface area contributed by atoms with Gasteiger partial charge in [-0.15, -0.1) is 0 Å². The molecule has 0 aliphatic rings. The molecule has 0 aromatic rings. The minimum Gasteiger partial charge on any atom is -0.270 e. The van der Waals surface area contributed by atoms with E-state index in [1.165, 1.54) is 0 Å². The molecule has 0 aliphatic carbocycles. The molecule has 0 N–H and O–H groups in total. The second kappa shape index (κ2) is 7.39. The first kappa shape index (κ1) is 20.8. The van der Waals surface area contributed by atoms with Gasteiger partial charge in [-0.25, -0.2) is 0 Å². The van der Waals surface area contributed by atoms with Crippen molar-refractivity contribution in [3.63, 3.8) is 0 Å². The Morgan fingerprint density at radius 1 is 0.667 bits per heavy atom. The molecule has 8 heteroatoms. The summed E-state index contributed by atoms with van der Waals surface area (Å²) in [4.78, 5) is 0. The van der Waals surface area contributed by atoms with Crippen LogP contribution in [0, 0.1) is 10.8 Å². The molecule has 6 nitrogen and oxygen atoms in total. The molecule has 21 heavy (non-hydrogen) atoms. The van der Waals surface area contributed by atoms with E-state index in [-0.39, 0.29) is 42.0 Å². The molecule has 0 saturated heterocycles. The van der Waals surface area contributed by atoms with E-state index in [0.717, 1.165) is 0 Å².